The van der Waals surface area contributed by atoms with Crippen LogP contribution in [0.2, 0.25) is 0 Å². The first-order chi connectivity index (χ1) is 15.8. The summed E-state index contributed by atoms with van der Waals surface area (Å²) in [5.41, 5.74) is 7.35. The van der Waals surface area contributed by atoms with Crippen molar-refractivity contribution in [1.29, 1.82) is 0 Å². The van der Waals surface area contributed by atoms with Gasteiger partial charge in [0.25, 0.3) is 0 Å². The predicted molar refractivity (Wildman–Crippen MR) is 140 cm³/mol. The summed E-state index contributed by atoms with van der Waals surface area (Å²) < 4.78 is 0. The van der Waals surface area contributed by atoms with Crippen molar-refractivity contribution in [3.05, 3.63) is 83.9 Å². The molecule has 3 aromatic carbocycles. The van der Waals surface area contributed by atoms with Crippen molar-refractivity contribution in [3.8, 4) is 0 Å². The number of carbonyl (C=O) groups excluding carboxylic acids is 2. The van der Waals surface area contributed by atoms with Crippen molar-refractivity contribution < 1.29 is 9.59 Å². The van der Waals surface area contributed by atoms with Gasteiger partial charge in [0.1, 0.15) is 6.04 Å². The lowest BCUT2D eigenvalue weighted by molar-refractivity contribution is -0.138. The summed E-state index contributed by atoms with van der Waals surface area (Å²) in [6.45, 7) is 4.69. The number of carbonyl (C=O) groups is 2. The Bertz CT molecular complexity index is 1110. The van der Waals surface area contributed by atoms with Crippen LogP contribution >= 0.6 is 12.4 Å². The molecule has 3 aromatic rings. The Morgan fingerprint density at radius 2 is 1.59 bits per heavy atom. The predicted octanol–water partition coefficient (Wildman–Crippen LogP) is 4.43. The molecule has 3 N–H and O–H groups in total. The zero-order chi connectivity index (χ0) is 23.4. The zero-order valence-electron chi connectivity index (χ0n) is 19.9. The fourth-order valence-corrected chi connectivity index (χ4v) is 4.61. The fraction of sp³-hybridized carbons (Fsp3) is 0.357. The molecule has 5 nitrogen and oxygen atoms in total. The summed E-state index contributed by atoms with van der Waals surface area (Å²) in [6, 6.07) is 24.1. The third-order valence-electron chi connectivity index (χ3n) is 6.57. The van der Waals surface area contributed by atoms with Gasteiger partial charge in [-0.15, -0.1) is 12.4 Å². The summed E-state index contributed by atoms with van der Waals surface area (Å²) in [5.74, 6) is 0.108. The van der Waals surface area contributed by atoms with Crippen molar-refractivity contribution in [2.24, 2.45) is 5.73 Å². The van der Waals surface area contributed by atoms with E-state index >= 15 is 0 Å². The molecular weight excluding hydrogens is 446 g/mol. The van der Waals surface area contributed by atoms with Gasteiger partial charge < -0.3 is 16.0 Å². The van der Waals surface area contributed by atoms with Crippen LogP contribution in [0, 0.1) is 0 Å². The van der Waals surface area contributed by atoms with Crippen molar-refractivity contribution in [2.75, 3.05) is 13.1 Å². The summed E-state index contributed by atoms with van der Waals surface area (Å²) in [7, 11) is 0. The molecule has 0 aromatic heterocycles. The Hall–Kier alpha value is -2.89. The average Bonchev–Trinajstić information content (AvgIpc) is 2.83. The number of nitrogens with one attached hydrogen (secondary N) is 1. The van der Waals surface area contributed by atoms with E-state index in [9.17, 15) is 9.59 Å². The molecule has 1 heterocycles. The molecule has 1 aliphatic heterocycles. The zero-order valence-corrected chi connectivity index (χ0v) is 20.7. The molecule has 1 saturated heterocycles. The highest BCUT2D eigenvalue weighted by Crippen LogP contribution is 2.28. The summed E-state index contributed by atoms with van der Waals surface area (Å²) in [5, 5.41) is 5.17. The number of piperidine rings is 1. The van der Waals surface area contributed by atoms with Crippen LogP contribution in [-0.2, 0) is 16.0 Å². The van der Waals surface area contributed by atoms with Gasteiger partial charge >= 0.3 is 0 Å². The van der Waals surface area contributed by atoms with Crippen LogP contribution in [0.1, 0.15) is 43.7 Å². The number of likely N-dealkylation sites (tertiary alicyclic amines) is 1. The van der Waals surface area contributed by atoms with Gasteiger partial charge in [-0.1, -0.05) is 72.8 Å². The Balaban J connectivity index is 0.00000324. The van der Waals surface area contributed by atoms with Gasteiger partial charge in [0, 0.05) is 19.5 Å². The van der Waals surface area contributed by atoms with Crippen LogP contribution in [0.3, 0.4) is 0 Å². The van der Waals surface area contributed by atoms with Gasteiger partial charge in [-0.2, -0.15) is 0 Å². The monoisotopic (exact) mass is 479 g/mol. The second-order valence-corrected chi connectivity index (χ2v) is 9.60. The van der Waals surface area contributed by atoms with Crippen LogP contribution in [0.4, 0.5) is 0 Å². The summed E-state index contributed by atoms with van der Waals surface area (Å²) in [4.78, 5) is 28.3. The van der Waals surface area contributed by atoms with Crippen LogP contribution < -0.4 is 11.1 Å². The molecule has 0 radical (unpaired) electrons. The number of amides is 2. The van der Waals surface area contributed by atoms with E-state index in [0.29, 0.717) is 25.4 Å². The Morgan fingerprint density at radius 1 is 0.971 bits per heavy atom. The minimum absolute atomic E-state index is 0. The van der Waals surface area contributed by atoms with Crippen molar-refractivity contribution in [3.63, 3.8) is 0 Å². The van der Waals surface area contributed by atoms with E-state index in [2.05, 4.69) is 47.8 Å². The quantitative estimate of drug-likeness (QED) is 0.549. The lowest BCUT2D eigenvalue weighted by Crippen LogP contribution is -2.57. The number of rotatable bonds is 6. The maximum Gasteiger partial charge on any atom is 0.245 e. The van der Waals surface area contributed by atoms with Gasteiger partial charge in [-0.3, -0.25) is 9.59 Å². The second-order valence-electron chi connectivity index (χ2n) is 9.60. The van der Waals surface area contributed by atoms with Crippen molar-refractivity contribution >= 4 is 35.0 Å². The maximum atomic E-state index is 13.6. The molecule has 180 valence electrons. The summed E-state index contributed by atoms with van der Waals surface area (Å²) >= 11 is 0. The lowest BCUT2D eigenvalue weighted by Gasteiger charge is -2.35. The third kappa shape index (κ3) is 5.96. The van der Waals surface area contributed by atoms with E-state index in [0.717, 1.165) is 29.2 Å². The van der Waals surface area contributed by atoms with E-state index in [1.165, 1.54) is 5.56 Å². The first-order valence-electron chi connectivity index (χ1n) is 11.7. The van der Waals surface area contributed by atoms with Gasteiger partial charge in [-0.25, -0.2) is 0 Å². The number of nitrogens with two attached hydrogens (primary N) is 1. The van der Waals surface area contributed by atoms with Crippen LogP contribution in [-0.4, -0.2) is 41.4 Å². The Morgan fingerprint density at radius 3 is 2.26 bits per heavy atom. The molecule has 0 unspecified atom stereocenters. The number of benzene rings is 3. The van der Waals surface area contributed by atoms with Gasteiger partial charge in [0.2, 0.25) is 11.8 Å². The number of fused-ring (bicyclic) bond motifs is 1. The topological polar surface area (TPSA) is 75.4 Å². The standard InChI is InChI=1S/C28H33N3O2.ClH/c1-28(2,29)27(33)30-25(19-23-13-8-12-22-11-6-7-14-24(22)23)26(32)31-17-15-21(16-18-31)20-9-4-3-5-10-20;/h3-14,21,25H,15-19,29H2,1-2H3,(H,30,33);1H/t25-;/m1./s1. The largest absolute Gasteiger partial charge is 0.342 e. The van der Waals surface area contributed by atoms with Gasteiger partial charge in [0.15, 0.2) is 0 Å². The molecule has 1 fully saturated rings. The fourth-order valence-electron chi connectivity index (χ4n) is 4.61. The Labute approximate surface area is 208 Å². The highest BCUT2D eigenvalue weighted by atomic mass is 35.5. The van der Waals surface area contributed by atoms with E-state index in [4.69, 9.17) is 5.73 Å². The van der Waals surface area contributed by atoms with Crippen molar-refractivity contribution in [1.82, 2.24) is 10.2 Å². The molecule has 1 aliphatic rings. The first-order valence-corrected chi connectivity index (χ1v) is 11.7. The maximum absolute atomic E-state index is 13.6. The normalized spacial score (nSPS) is 15.4. The minimum atomic E-state index is -1.06. The van der Waals surface area contributed by atoms with Gasteiger partial charge in [0.05, 0.1) is 5.54 Å². The lowest BCUT2D eigenvalue weighted by atomic mass is 9.89. The number of halogens is 1. The van der Waals surface area contributed by atoms with E-state index in [-0.39, 0.29) is 24.2 Å². The molecule has 4 rings (SSSR count). The smallest absolute Gasteiger partial charge is 0.245 e. The van der Waals surface area contributed by atoms with E-state index in [1.54, 1.807) is 13.8 Å². The van der Waals surface area contributed by atoms with Crippen LogP contribution in [0.15, 0.2) is 72.8 Å². The molecule has 34 heavy (non-hydrogen) atoms. The third-order valence-corrected chi connectivity index (χ3v) is 6.57. The summed E-state index contributed by atoms with van der Waals surface area (Å²) in [6.07, 6.45) is 2.28. The first kappa shape index (κ1) is 25.7. The molecule has 1 atom stereocenters. The molecule has 0 spiro atoms. The highest BCUT2D eigenvalue weighted by Gasteiger charge is 2.33. The highest BCUT2D eigenvalue weighted by molar-refractivity contribution is 5.92. The number of hydrogen-bond donors (Lipinski definition) is 2. The van der Waals surface area contributed by atoms with E-state index in [1.807, 2.05) is 35.2 Å². The SMILES string of the molecule is CC(C)(N)C(=O)N[C@H](Cc1cccc2ccccc12)C(=O)N1CCC(c2ccccc2)CC1.Cl. The minimum Gasteiger partial charge on any atom is -0.342 e. The molecule has 0 bridgehead atoms. The van der Waals surface area contributed by atoms with Crippen LogP contribution in [0.5, 0.6) is 0 Å². The van der Waals surface area contributed by atoms with Crippen molar-refractivity contribution in [2.45, 2.75) is 50.6 Å². The molecule has 2 amide bonds. The second kappa shape index (κ2) is 11.0. The number of hydrogen-bond acceptors (Lipinski definition) is 3. The molecule has 6 heteroatoms. The average molecular weight is 480 g/mol. The molecule has 0 saturated carbocycles. The molecule has 0 aliphatic carbocycles. The van der Waals surface area contributed by atoms with E-state index < -0.39 is 11.6 Å². The van der Waals surface area contributed by atoms with Gasteiger partial charge in [-0.05, 0) is 54.5 Å². The Kier molecular flexibility index (Phi) is 8.34. The molecular formula is C28H34ClN3O2. The van der Waals surface area contributed by atoms with Crippen LogP contribution in [0.25, 0.3) is 10.8 Å². The number of nitrogens with zero attached hydrogens (tertiary/aromatic N) is 1.